The predicted molar refractivity (Wildman–Crippen MR) is 96.2 cm³/mol. The molecule has 2 N–H and O–H groups in total. The van der Waals surface area contributed by atoms with Crippen LogP contribution in [-0.4, -0.2) is 32.6 Å². The number of amides is 2. The minimum absolute atomic E-state index is 0.110. The third kappa shape index (κ3) is 3.61. The van der Waals surface area contributed by atoms with Gasteiger partial charge in [0, 0.05) is 22.9 Å². The van der Waals surface area contributed by atoms with Gasteiger partial charge in [-0.25, -0.2) is 9.67 Å². The first-order valence-electron chi connectivity index (χ1n) is 8.36. The van der Waals surface area contributed by atoms with Gasteiger partial charge >= 0.3 is 0 Å². The smallest absolute Gasteiger partial charge is 0.255 e. The molecule has 7 nitrogen and oxygen atoms in total. The molecule has 0 bridgehead atoms. The molecule has 0 spiro atoms. The molecule has 130 valence electrons. The SMILES string of the molecule is O=C(Nc1cccc(C(=O)NC2CC2)c1)c1ccc(-n2cncn2)cc1. The zero-order valence-electron chi connectivity index (χ0n) is 13.9. The van der Waals surface area contributed by atoms with E-state index in [1.807, 2.05) is 0 Å². The molecule has 1 aliphatic carbocycles. The van der Waals surface area contributed by atoms with Gasteiger partial charge < -0.3 is 10.6 Å². The zero-order chi connectivity index (χ0) is 17.9. The summed E-state index contributed by atoms with van der Waals surface area (Å²) in [7, 11) is 0. The molecule has 1 saturated carbocycles. The second kappa shape index (κ2) is 6.79. The van der Waals surface area contributed by atoms with E-state index in [0.29, 0.717) is 22.9 Å². The second-order valence-electron chi connectivity index (χ2n) is 6.17. The normalized spacial score (nSPS) is 13.2. The largest absolute Gasteiger partial charge is 0.349 e. The predicted octanol–water partition coefficient (Wildman–Crippen LogP) is 2.41. The maximum Gasteiger partial charge on any atom is 0.255 e. The van der Waals surface area contributed by atoms with Crippen molar-refractivity contribution in [2.45, 2.75) is 18.9 Å². The Labute approximate surface area is 150 Å². The summed E-state index contributed by atoms with van der Waals surface area (Å²) in [5.41, 5.74) is 2.45. The number of carbonyl (C=O) groups is 2. The summed E-state index contributed by atoms with van der Waals surface area (Å²) < 4.78 is 1.61. The van der Waals surface area contributed by atoms with Crippen molar-refractivity contribution in [3.05, 3.63) is 72.3 Å². The quantitative estimate of drug-likeness (QED) is 0.742. The van der Waals surface area contributed by atoms with Gasteiger partial charge in [-0.3, -0.25) is 9.59 Å². The number of hydrogen-bond acceptors (Lipinski definition) is 4. The van der Waals surface area contributed by atoms with Crippen LogP contribution in [0.1, 0.15) is 33.6 Å². The number of benzene rings is 2. The van der Waals surface area contributed by atoms with Gasteiger partial charge in [-0.15, -0.1) is 0 Å². The highest BCUT2D eigenvalue weighted by Gasteiger charge is 2.23. The Morgan fingerprint density at radius 1 is 1.00 bits per heavy atom. The van der Waals surface area contributed by atoms with Gasteiger partial charge in [0.1, 0.15) is 12.7 Å². The van der Waals surface area contributed by atoms with Gasteiger partial charge in [0.25, 0.3) is 11.8 Å². The fourth-order valence-corrected chi connectivity index (χ4v) is 2.54. The molecule has 0 aliphatic heterocycles. The molecule has 0 radical (unpaired) electrons. The lowest BCUT2D eigenvalue weighted by Gasteiger charge is -2.08. The van der Waals surface area contributed by atoms with Crippen LogP contribution in [0.5, 0.6) is 0 Å². The van der Waals surface area contributed by atoms with Gasteiger partial charge in [-0.2, -0.15) is 5.10 Å². The highest BCUT2D eigenvalue weighted by molar-refractivity contribution is 6.05. The monoisotopic (exact) mass is 347 g/mol. The molecule has 2 amide bonds. The molecule has 2 aromatic carbocycles. The van der Waals surface area contributed by atoms with E-state index >= 15 is 0 Å². The van der Waals surface area contributed by atoms with Gasteiger partial charge in [0.15, 0.2) is 0 Å². The molecule has 26 heavy (non-hydrogen) atoms. The van der Waals surface area contributed by atoms with Gasteiger partial charge in [-0.1, -0.05) is 6.07 Å². The highest BCUT2D eigenvalue weighted by atomic mass is 16.2. The lowest BCUT2D eigenvalue weighted by molar-refractivity contribution is 0.0949. The van der Waals surface area contributed by atoms with Gasteiger partial charge in [0.2, 0.25) is 0 Å². The maximum atomic E-state index is 12.4. The fraction of sp³-hybridized carbons (Fsp3) is 0.158. The number of carbonyl (C=O) groups excluding carboxylic acids is 2. The van der Waals surface area contributed by atoms with E-state index in [1.54, 1.807) is 59.5 Å². The summed E-state index contributed by atoms with van der Waals surface area (Å²) in [6.07, 6.45) is 5.11. The maximum absolute atomic E-state index is 12.4. The summed E-state index contributed by atoms with van der Waals surface area (Å²) in [6, 6.07) is 14.3. The zero-order valence-corrected chi connectivity index (χ0v) is 13.9. The van der Waals surface area contributed by atoms with Crippen molar-refractivity contribution in [2.24, 2.45) is 0 Å². The minimum atomic E-state index is -0.241. The third-order valence-corrected chi connectivity index (χ3v) is 4.11. The highest BCUT2D eigenvalue weighted by Crippen LogP contribution is 2.20. The molecule has 1 aromatic heterocycles. The average molecular weight is 347 g/mol. The molecule has 0 atom stereocenters. The van der Waals surface area contributed by atoms with Crippen LogP contribution < -0.4 is 10.6 Å². The standard InChI is InChI=1S/C19H17N5O2/c25-18(13-4-8-17(9-5-13)24-12-20-11-21-24)23-16-3-1-2-14(10-16)19(26)22-15-6-7-15/h1-5,8-12,15H,6-7H2,(H,22,26)(H,23,25). The van der Waals surface area contributed by atoms with E-state index in [2.05, 4.69) is 20.7 Å². The number of nitrogens with zero attached hydrogens (tertiary/aromatic N) is 3. The van der Waals surface area contributed by atoms with E-state index in [1.165, 1.54) is 6.33 Å². The number of aromatic nitrogens is 3. The first-order valence-corrected chi connectivity index (χ1v) is 8.36. The lowest BCUT2D eigenvalue weighted by atomic mass is 10.1. The van der Waals surface area contributed by atoms with E-state index in [9.17, 15) is 9.59 Å². The molecule has 1 heterocycles. The van der Waals surface area contributed by atoms with Crippen molar-refractivity contribution in [3.63, 3.8) is 0 Å². The summed E-state index contributed by atoms with van der Waals surface area (Å²) in [5.74, 6) is -0.351. The summed E-state index contributed by atoms with van der Waals surface area (Å²) in [4.78, 5) is 28.4. The summed E-state index contributed by atoms with van der Waals surface area (Å²) >= 11 is 0. The average Bonchev–Trinajstić information content (AvgIpc) is 3.31. The molecule has 0 unspecified atom stereocenters. The van der Waals surface area contributed by atoms with E-state index < -0.39 is 0 Å². The van der Waals surface area contributed by atoms with Crippen LogP contribution in [0.2, 0.25) is 0 Å². The number of rotatable bonds is 5. The van der Waals surface area contributed by atoms with E-state index in [0.717, 1.165) is 18.5 Å². The topological polar surface area (TPSA) is 88.9 Å². The van der Waals surface area contributed by atoms with Crippen LogP contribution in [-0.2, 0) is 0 Å². The molecule has 1 aliphatic rings. The van der Waals surface area contributed by atoms with Gasteiger partial charge in [0.05, 0.1) is 5.69 Å². The molecule has 1 fully saturated rings. The Morgan fingerprint density at radius 3 is 2.50 bits per heavy atom. The third-order valence-electron chi connectivity index (χ3n) is 4.11. The van der Waals surface area contributed by atoms with Crippen molar-refractivity contribution in [1.82, 2.24) is 20.1 Å². The molecular formula is C19H17N5O2. The molecular weight excluding hydrogens is 330 g/mol. The second-order valence-corrected chi connectivity index (χ2v) is 6.17. The Bertz CT molecular complexity index is 931. The molecule has 4 rings (SSSR count). The van der Waals surface area contributed by atoms with Crippen molar-refractivity contribution in [2.75, 3.05) is 5.32 Å². The van der Waals surface area contributed by atoms with Crippen molar-refractivity contribution in [3.8, 4) is 5.69 Å². The van der Waals surface area contributed by atoms with Crippen LogP contribution in [0.3, 0.4) is 0 Å². The lowest BCUT2D eigenvalue weighted by Crippen LogP contribution is -2.25. The first kappa shape index (κ1) is 16.0. The Morgan fingerprint density at radius 2 is 1.81 bits per heavy atom. The Hall–Kier alpha value is -3.48. The van der Waals surface area contributed by atoms with Crippen molar-refractivity contribution < 1.29 is 9.59 Å². The van der Waals surface area contributed by atoms with Gasteiger partial charge in [-0.05, 0) is 55.3 Å². The number of anilines is 1. The van der Waals surface area contributed by atoms with Crippen LogP contribution in [0.25, 0.3) is 5.69 Å². The number of nitrogens with one attached hydrogen (secondary N) is 2. The van der Waals surface area contributed by atoms with Crippen molar-refractivity contribution >= 4 is 17.5 Å². The molecule has 3 aromatic rings. The van der Waals surface area contributed by atoms with E-state index in [-0.39, 0.29) is 11.8 Å². The summed E-state index contributed by atoms with van der Waals surface area (Å²) in [5, 5.41) is 9.81. The first-order chi connectivity index (χ1) is 12.7. The fourth-order valence-electron chi connectivity index (χ4n) is 2.54. The Kier molecular flexibility index (Phi) is 4.18. The molecule has 0 saturated heterocycles. The minimum Gasteiger partial charge on any atom is -0.349 e. The van der Waals surface area contributed by atoms with E-state index in [4.69, 9.17) is 0 Å². The van der Waals surface area contributed by atoms with Crippen LogP contribution in [0, 0.1) is 0 Å². The van der Waals surface area contributed by atoms with Crippen molar-refractivity contribution in [1.29, 1.82) is 0 Å². The number of hydrogen-bond donors (Lipinski definition) is 2. The summed E-state index contributed by atoms with van der Waals surface area (Å²) in [6.45, 7) is 0. The Balaban J connectivity index is 1.45. The van der Waals surface area contributed by atoms with Crippen LogP contribution >= 0.6 is 0 Å². The van der Waals surface area contributed by atoms with Crippen LogP contribution in [0.15, 0.2) is 61.2 Å². The molecule has 7 heteroatoms. The van der Waals surface area contributed by atoms with Crippen LogP contribution in [0.4, 0.5) is 5.69 Å².